The van der Waals surface area contributed by atoms with Crippen molar-refractivity contribution in [3.63, 3.8) is 0 Å². The summed E-state index contributed by atoms with van der Waals surface area (Å²) in [4.78, 5) is 0. The molecule has 5 heteroatoms. The molecule has 1 N–H and O–H groups in total. The van der Waals surface area contributed by atoms with Crippen molar-refractivity contribution < 1.29 is 4.74 Å². The lowest BCUT2D eigenvalue weighted by atomic mass is 10.1. The zero-order chi connectivity index (χ0) is 13.4. The molecule has 0 aliphatic carbocycles. The third kappa shape index (κ3) is 4.37. The molecule has 0 saturated heterocycles. The van der Waals surface area contributed by atoms with Gasteiger partial charge in [0.2, 0.25) is 0 Å². The maximum Gasteiger partial charge on any atom is 0.0696 e. The van der Waals surface area contributed by atoms with Crippen LogP contribution in [-0.4, -0.2) is 30.0 Å². The van der Waals surface area contributed by atoms with Crippen molar-refractivity contribution in [3.8, 4) is 0 Å². The van der Waals surface area contributed by atoms with Crippen molar-refractivity contribution >= 4 is 15.9 Å². The smallest absolute Gasteiger partial charge is 0.0696 e. The molecule has 0 aromatic carbocycles. The SMILES string of the molecule is CCCNC(CCOC)c1c(Br)cnn1CCC. The fourth-order valence-corrected chi connectivity index (χ4v) is 2.57. The first-order valence-electron chi connectivity index (χ1n) is 6.68. The lowest BCUT2D eigenvalue weighted by Crippen LogP contribution is -2.26. The highest BCUT2D eigenvalue weighted by Gasteiger charge is 2.19. The van der Waals surface area contributed by atoms with Crippen molar-refractivity contribution in [1.29, 1.82) is 0 Å². The maximum absolute atomic E-state index is 5.21. The Morgan fingerprint density at radius 1 is 1.44 bits per heavy atom. The molecule has 0 radical (unpaired) electrons. The van der Waals surface area contributed by atoms with Gasteiger partial charge in [-0.15, -0.1) is 0 Å². The van der Waals surface area contributed by atoms with Crippen LogP contribution in [0.1, 0.15) is 44.8 Å². The van der Waals surface area contributed by atoms with Crippen LogP contribution in [0.5, 0.6) is 0 Å². The van der Waals surface area contributed by atoms with Gasteiger partial charge in [0.15, 0.2) is 0 Å². The summed E-state index contributed by atoms with van der Waals surface area (Å²) in [7, 11) is 1.75. The standard InChI is InChI=1S/C13H24BrN3O/c1-4-7-15-12(6-9-18-3)13-11(14)10-16-17(13)8-5-2/h10,12,15H,4-9H2,1-3H3. The van der Waals surface area contributed by atoms with E-state index in [9.17, 15) is 0 Å². The monoisotopic (exact) mass is 317 g/mol. The number of methoxy groups -OCH3 is 1. The van der Waals surface area contributed by atoms with Gasteiger partial charge in [0.05, 0.1) is 22.4 Å². The highest BCUT2D eigenvalue weighted by Crippen LogP contribution is 2.26. The lowest BCUT2D eigenvalue weighted by Gasteiger charge is -2.20. The molecule has 1 aromatic heterocycles. The summed E-state index contributed by atoms with van der Waals surface area (Å²) in [5, 5.41) is 8.01. The molecule has 104 valence electrons. The van der Waals surface area contributed by atoms with Crippen LogP contribution in [0.2, 0.25) is 0 Å². The third-order valence-electron chi connectivity index (χ3n) is 2.85. The summed E-state index contributed by atoms with van der Waals surface area (Å²) in [5.41, 5.74) is 1.24. The fourth-order valence-electron chi connectivity index (χ4n) is 2.00. The van der Waals surface area contributed by atoms with Gasteiger partial charge in [-0.1, -0.05) is 13.8 Å². The second-order valence-electron chi connectivity index (χ2n) is 4.39. The van der Waals surface area contributed by atoms with E-state index >= 15 is 0 Å². The number of nitrogens with one attached hydrogen (secondary N) is 1. The Kier molecular flexibility index (Phi) is 7.54. The van der Waals surface area contributed by atoms with E-state index in [0.717, 1.165) is 43.4 Å². The molecule has 1 aromatic rings. The minimum absolute atomic E-state index is 0.299. The number of rotatable bonds is 9. The Balaban J connectivity index is 2.83. The van der Waals surface area contributed by atoms with E-state index in [1.54, 1.807) is 7.11 Å². The molecule has 0 aliphatic heterocycles. The van der Waals surface area contributed by atoms with Gasteiger partial charge in [-0.25, -0.2) is 0 Å². The quantitative estimate of drug-likeness (QED) is 0.760. The predicted molar refractivity (Wildman–Crippen MR) is 77.7 cm³/mol. The van der Waals surface area contributed by atoms with E-state index in [1.807, 2.05) is 6.20 Å². The third-order valence-corrected chi connectivity index (χ3v) is 3.46. The minimum Gasteiger partial charge on any atom is -0.385 e. The Morgan fingerprint density at radius 3 is 2.83 bits per heavy atom. The average Bonchev–Trinajstić information content (AvgIpc) is 2.72. The molecule has 1 atom stereocenters. The van der Waals surface area contributed by atoms with Crippen molar-refractivity contribution in [1.82, 2.24) is 15.1 Å². The van der Waals surface area contributed by atoms with E-state index in [-0.39, 0.29) is 0 Å². The maximum atomic E-state index is 5.21. The van der Waals surface area contributed by atoms with Gasteiger partial charge in [-0.05, 0) is 41.7 Å². The first kappa shape index (κ1) is 15.7. The van der Waals surface area contributed by atoms with Crippen LogP contribution in [0.4, 0.5) is 0 Å². The van der Waals surface area contributed by atoms with Crippen LogP contribution in [0.25, 0.3) is 0 Å². The van der Waals surface area contributed by atoms with Gasteiger partial charge in [0.1, 0.15) is 0 Å². The summed E-state index contributed by atoms with van der Waals surface area (Å²) in [6.45, 7) is 7.07. The van der Waals surface area contributed by atoms with Crippen molar-refractivity contribution in [2.45, 2.75) is 45.7 Å². The average molecular weight is 318 g/mol. The van der Waals surface area contributed by atoms with Crippen molar-refractivity contribution in [2.24, 2.45) is 0 Å². The minimum atomic E-state index is 0.299. The summed E-state index contributed by atoms with van der Waals surface area (Å²) < 4.78 is 8.38. The van der Waals surface area contributed by atoms with E-state index in [2.05, 4.69) is 44.9 Å². The van der Waals surface area contributed by atoms with E-state index in [0.29, 0.717) is 6.04 Å². The summed E-state index contributed by atoms with van der Waals surface area (Å²) in [5.74, 6) is 0. The molecule has 1 unspecified atom stereocenters. The van der Waals surface area contributed by atoms with Gasteiger partial charge in [-0.3, -0.25) is 4.68 Å². The number of aryl methyl sites for hydroxylation is 1. The van der Waals surface area contributed by atoms with Crippen molar-refractivity contribution in [3.05, 3.63) is 16.4 Å². The largest absolute Gasteiger partial charge is 0.385 e. The molecule has 1 heterocycles. The molecule has 0 bridgehead atoms. The molecule has 0 fully saturated rings. The first-order valence-corrected chi connectivity index (χ1v) is 7.47. The summed E-state index contributed by atoms with van der Waals surface area (Å²) in [6.07, 6.45) is 5.07. The zero-order valence-electron chi connectivity index (χ0n) is 11.6. The van der Waals surface area contributed by atoms with Gasteiger partial charge in [-0.2, -0.15) is 5.10 Å². The number of hydrogen-bond acceptors (Lipinski definition) is 3. The molecule has 1 rings (SSSR count). The van der Waals surface area contributed by atoms with Gasteiger partial charge >= 0.3 is 0 Å². The molecule has 18 heavy (non-hydrogen) atoms. The van der Waals surface area contributed by atoms with Crippen LogP contribution >= 0.6 is 15.9 Å². The predicted octanol–water partition coefficient (Wildman–Crippen LogP) is 3.13. The van der Waals surface area contributed by atoms with Gasteiger partial charge < -0.3 is 10.1 Å². The van der Waals surface area contributed by atoms with Gasteiger partial charge in [0.25, 0.3) is 0 Å². The molecular weight excluding hydrogens is 294 g/mol. The summed E-state index contributed by atoms with van der Waals surface area (Å²) >= 11 is 3.61. The highest BCUT2D eigenvalue weighted by atomic mass is 79.9. The zero-order valence-corrected chi connectivity index (χ0v) is 13.2. The number of hydrogen-bond donors (Lipinski definition) is 1. The first-order chi connectivity index (χ1) is 8.74. The topological polar surface area (TPSA) is 39.1 Å². The Labute approximate surface area is 118 Å². The van der Waals surface area contributed by atoms with Crippen LogP contribution in [-0.2, 0) is 11.3 Å². The number of aromatic nitrogens is 2. The fraction of sp³-hybridized carbons (Fsp3) is 0.769. The molecule has 0 aliphatic rings. The van der Waals surface area contributed by atoms with E-state index in [1.165, 1.54) is 5.69 Å². The summed E-state index contributed by atoms with van der Waals surface area (Å²) in [6, 6.07) is 0.299. The second kappa shape index (κ2) is 8.67. The second-order valence-corrected chi connectivity index (χ2v) is 5.24. The Morgan fingerprint density at radius 2 is 2.22 bits per heavy atom. The Bertz CT molecular complexity index is 333. The van der Waals surface area contributed by atoms with Crippen LogP contribution in [0.15, 0.2) is 10.7 Å². The van der Waals surface area contributed by atoms with Crippen molar-refractivity contribution in [2.75, 3.05) is 20.3 Å². The number of nitrogens with zero attached hydrogens (tertiary/aromatic N) is 2. The lowest BCUT2D eigenvalue weighted by molar-refractivity contribution is 0.181. The van der Waals surface area contributed by atoms with Crippen LogP contribution in [0.3, 0.4) is 0 Å². The van der Waals surface area contributed by atoms with Crippen LogP contribution in [0, 0.1) is 0 Å². The number of halogens is 1. The Hall–Kier alpha value is -0.390. The van der Waals surface area contributed by atoms with E-state index < -0.39 is 0 Å². The molecule has 4 nitrogen and oxygen atoms in total. The highest BCUT2D eigenvalue weighted by molar-refractivity contribution is 9.10. The molecule has 0 saturated carbocycles. The van der Waals surface area contributed by atoms with Gasteiger partial charge in [0, 0.05) is 20.3 Å². The molecular formula is C13H24BrN3O. The normalized spacial score (nSPS) is 12.9. The van der Waals surface area contributed by atoms with E-state index in [4.69, 9.17) is 4.74 Å². The van der Waals surface area contributed by atoms with Crippen LogP contribution < -0.4 is 5.32 Å². The molecule has 0 spiro atoms. The number of ether oxygens (including phenoxy) is 1. The molecule has 0 amide bonds.